The number of aliphatic hydroxyl groups is 1. The van der Waals surface area contributed by atoms with Gasteiger partial charge in [-0.1, -0.05) is 12.2 Å². The van der Waals surface area contributed by atoms with E-state index in [-0.39, 0.29) is 24.5 Å². The third-order valence-corrected chi connectivity index (χ3v) is 6.71. The summed E-state index contributed by atoms with van der Waals surface area (Å²) in [6, 6.07) is 5.49. The van der Waals surface area contributed by atoms with Crippen molar-refractivity contribution < 1.29 is 13.9 Å². The van der Waals surface area contributed by atoms with Crippen LogP contribution in [-0.2, 0) is 0 Å². The number of anilines is 3. The molecule has 0 amide bonds. The fraction of sp³-hybridized carbons (Fsp3) is 0.400. The zero-order chi connectivity index (χ0) is 25.2. The molecule has 3 aromatic rings. The average Bonchev–Trinajstić information content (AvgIpc) is 3.44. The summed E-state index contributed by atoms with van der Waals surface area (Å²) < 4.78 is 28.8. The van der Waals surface area contributed by atoms with Crippen molar-refractivity contribution in [3.63, 3.8) is 0 Å². The van der Waals surface area contributed by atoms with E-state index in [0.717, 1.165) is 43.5 Å². The van der Waals surface area contributed by atoms with Gasteiger partial charge in [0, 0.05) is 69.2 Å². The van der Waals surface area contributed by atoms with Crippen LogP contribution in [0.1, 0.15) is 17.7 Å². The van der Waals surface area contributed by atoms with Crippen molar-refractivity contribution in [1.29, 1.82) is 0 Å². The molecule has 5 rings (SSSR count). The van der Waals surface area contributed by atoms with Crippen molar-refractivity contribution >= 4 is 35.9 Å². The lowest BCUT2D eigenvalue weighted by atomic mass is 10.2. The highest BCUT2D eigenvalue weighted by Gasteiger charge is 2.23. The van der Waals surface area contributed by atoms with Gasteiger partial charge in [-0.05, 0) is 25.5 Å². The average molecular weight is 533 g/mol. The number of β-amino-alcohol motifs (C(OH)–C–C–N with tert-alkyl or cyclic N) is 1. The number of aromatic nitrogens is 4. The van der Waals surface area contributed by atoms with Crippen LogP contribution >= 0.6 is 12.4 Å². The van der Waals surface area contributed by atoms with Crippen molar-refractivity contribution in [3.05, 3.63) is 59.4 Å². The number of halogens is 3. The molecule has 0 bridgehead atoms. The molecule has 9 nitrogen and oxygen atoms in total. The maximum atomic E-state index is 13.5. The largest absolute Gasteiger partial charge is 0.391 e. The van der Waals surface area contributed by atoms with Gasteiger partial charge in [-0.25, -0.2) is 13.5 Å². The fourth-order valence-electron chi connectivity index (χ4n) is 4.72. The van der Waals surface area contributed by atoms with Gasteiger partial charge in [0.1, 0.15) is 17.5 Å². The second kappa shape index (κ2) is 11.4. The summed E-state index contributed by atoms with van der Waals surface area (Å²) in [4.78, 5) is 15.0. The van der Waals surface area contributed by atoms with Crippen LogP contribution in [0, 0.1) is 18.6 Å². The van der Waals surface area contributed by atoms with E-state index in [1.165, 1.54) is 12.1 Å². The second-order valence-electron chi connectivity index (χ2n) is 9.25. The molecule has 1 atom stereocenters. The number of nitrogen functional groups attached to an aromatic ring is 1. The molecule has 0 spiro atoms. The standard InChI is InChI=1S/C25H30F2N8O.ClH/c1-17-18(3-2-5-32-7-9-33(10-8-32)21-12-19(26)11-20(27)13-21)15-29-35(17)24-14-23(30-25(28)31-24)34-6-4-22(36)16-34;/h2-3,11-15,22,36H,4-10,16H2,1H3,(H2,28,30,31);1H/t22-;/m0./s1. The monoisotopic (exact) mass is 532 g/mol. The zero-order valence-electron chi connectivity index (χ0n) is 20.6. The van der Waals surface area contributed by atoms with E-state index in [4.69, 9.17) is 5.73 Å². The van der Waals surface area contributed by atoms with Gasteiger partial charge in [0.05, 0.1) is 18.0 Å². The maximum Gasteiger partial charge on any atom is 0.224 e. The normalized spacial score (nSPS) is 18.5. The minimum atomic E-state index is -0.554. The lowest BCUT2D eigenvalue weighted by Gasteiger charge is -2.35. The van der Waals surface area contributed by atoms with Crippen LogP contribution in [-0.4, -0.2) is 81.7 Å². The fourth-order valence-corrected chi connectivity index (χ4v) is 4.72. The summed E-state index contributed by atoms with van der Waals surface area (Å²) >= 11 is 0. The molecule has 2 aliphatic rings. The predicted octanol–water partition coefficient (Wildman–Crippen LogP) is 2.66. The summed E-state index contributed by atoms with van der Waals surface area (Å²) in [6.45, 7) is 6.99. The first-order valence-corrected chi connectivity index (χ1v) is 12.1. The van der Waals surface area contributed by atoms with Crippen molar-refractivity contribution in [3.8, 4) is 5.82 Å². The molecule has 1 aromatic carbocycles. The van der Waals surface area contributed by atoms with Crippen LogP contribution in [0.4, 0.5) is 26.2 Å². The molecule has 2 fully saturated rings. The van der Waals surface area contributed by atoms with Crippen molar-refractivity contribution in [1.82, 2.24) is 24.6 Å². The number of nitrogens with two attached hydrogens (primary N) is 1. The SMILES string of the molecule is Cc1c(C=CCN2CCN(c3cc(F)cc(F)c3)CC2)cnn1-c1cc(N2CC[C@H](O)C2)nc(N)n1.Cl. The Morgan fingerprint density at radius 2 is 1.70 bits per heavy atom. The lowest BCUT2D eigenvalue weighted by Crippen LogP contribution is -2.46. The van der Waals surface area contributed by atoms with E-state index in [1.54, 1.807) is 10.9 Å². The number of benzene rings is 1. The van der Waals surface area contributed by atoms with Gasteiger partial charge >= 0.3 is 0 Å². The molecule has 0 aliphatic carbocycles. The molecule has 37 heavy (non-hydrogen) atoms. The summed E-state index contributed by atoms with van der Waals surface area (Å²) in [5, 5.41) is 14.4. The van der Waals surface area contributed by atoms with Crippen molar-refractivity contribution in [2.24, 2.45) is 0 Å². The Bertz CT molecular complexity index is 1240. The van der Waals surface area contributed by atoms with Gasteiger partial charge < -0.3 is 20.6 Å². The van der Waals surface area contributed by atoms with Gasteiger partial charge in [-0.15, -0.1) is 12.4 Å². The lowest BCUT2D eigenvalue weighted by molar-refractivity contribution is 0.198. The first kappa shape index (κ1) is 26.8. The summed E-state index contributed by atoms with van der Waals surface area (Å²) in [5.41, 5.74) is 8.45. The van der Waals surface area contributed by atoms with Crippen LogP contribution < -0.4 is 15.5 Å². The maximum absolute atomic E-state index is 13.5. The Morgan fingerprint density at radius 1 is 1.00 bits per heavy atom. The Balaban J connectivity index is 0.00000320. The van der Waals surface area contributed by atoms with Gasteiger partial charge in [-0.2, -0.15) is 15.1 Å². The summed E-state index contributed by atoms with van der Waals surface area (Å²) in [5.74, 6) is 0.321. The number of nitrogens with zero attached hydrogens (tertiary/aromatic N) is 7. The number of aliphatic hydroxyl groups excluding tert-OH is 1. The number of hydrogen-bond acceptors (Lipinski definition) is 8. The highest BCUT2D eigenvalue weighted by Crippen LogP contribution is 2.23. The number of hydrogen-bond donors (Lipinski definition) is 2. The molecule has 12 heteroatoms. The zero-order valence-corrected chi connectivity index (χ0v) is 21.4. The van der Waals surface area contributed by atoms with Gasteiger partial charge in [0.15, 0.2) is 5.82 Å². The highest BCUT2D eigenvalue weighted by atomic mass is 35.5. The second-order valence-corrected chi connectivity index (χ2v) is 9.25. The summed E-state index contributed by atoms with van der Waals surface area (Å²) in [6.07, 6.45) is 6.26. The van der Waals surface area contributed by atoms with Crippen LogP contribution in [0.15, 0.2) is 36.5 Å². The molecule has 4 heterocycles. The molecule has 0 radical (unpaired) electrons. The first-order valence-electron chi connectivity index (χ1n) is 12.1. The number of piperazine rings is 1. The highest BCUT2D eigenvalue weighted by molar-refractivity contribution is 5.85. The quantitative estimate of drug-likeness (QED) is 0.500. The van der Waals surface area contributed by atoms with E-state index >= 15 is 0 Å². The van der Waals surface area contributed by atoms with Crippen LogP contribution in [0.2, 0.25) is 0 Å². The molecule has 2 aromatic heterocycles. The third kappa shape index (κ3) is 6.17. The Hall–Kier alpha value is -3.28. The third-order valence-electron chi connectivity index (χ3n) is 6.71. The molecular weight excluding hydrogens is 502 g/mol. The van der Waals surface area contributed by atoms with Crippen molar-refractivity contribution in [2.45, 2.75) is 19.4 Å². The number of rotatable bonds is 6. The van der Waals surface area contributed by atoms with E-state index in [0.29, 0.717) is 43.4 Å². The minimum absolute atomic E-state index is 0. The van der Waals surface area contributed by atoms with E-state index in [1.807, 2.05) is 28.9 Å². The molecule has 3 N–H and O–H groups in total. The summed E-state index contributed by atoms with van der Waals surface area (Å²) in [7, 11) is 0. The molecule has 0 saturated carbocycles. The van der Waals surface area contributed by atoms with Crippen LogP contribution in [0.3, 0.4) is 0 Å². The first-order chi connectivity index (χ1) is 17.4. The van der Waals surface area contributed by atoms with Crippen LogP contribution in [0.25, 0.3) is 11.9 Å². The Labute approximate surface area is 220 Å². The molecule has 2 saturated heterocycles. The Kier molecular flexibility index (Phi) is 8.25. The van der Waals surface area contributed by atoms with Crippen LogP contribution in [0.5, 0.6) is 0 Å². The van der Waals surface area contributed by atoms with E-state index in [9.17, 15) is 13.9 Å². The molecule has 0 unspecified atom stereocenters. The molecular formula is C25H31ClF2N8O. The smallest absolute Gasteiger partial charge is 0.224 e. The molecule has 198 valence electrons. The van der Waals surface area contributed by atoms with E-state index < -0.39 is 11.6 Å². The Morgan fingerprint density at radius 3 is 2.38 bits per heavy atom. The van der Waals surface area contributed by atoms with Gasteiger partial charge in [0.25, 0.3) is 0 Å². The molecule has 2 aliphatic heterocycles. The topological polar surface area (TPSA) is 99.6 Å². The predicted molar refractivity (Wildman–Crippen MR) is 142 cm³/mol. The van der Waals surface area contributed by atoms with Crippen molar-refractivity contribution in [2.75, 3.05) is 61.3 Å². The van der Waals surface area contributed by atoms with Gasteiger partial charge in [0.2, 0.25) is 5.95 Å². The van der Waals surface area contributed by atoms with E-state index in [2.05, 4.69) is 26.0 Å². The minimum Gasteiger partial charge on any atom is -0.391 e. The van der Waals surface area contributed by atoms with Gasteiger partial charge in [-0.3, -0.25) is 4.90 Å².